The Morgan fingerprint density at radius 1 is 1.39 bits per heavy atom. The largest absolute Gasteiger partial charge is 0.481 e. The van der Waals surface area contributed by atoms with E-state index in [0.29, 0.717) is 24.1 Å². The molecule has 0 aromatic carbocycles. The Balaban J connectivity index is 2.96. The van der Waals surface area contributed by atoms with E-state index < -0.39 is 0 Å². The van der Waals surface area contributed by atoms with Crippen molar-refractivity contribution in [3.05, 3.63) is 6.07 Å². The molecule has 0 aliphatic heterocycles. The van der Waals surface area contributed by atoms with Crippen LogP contribution in [-0.2, 0) is 0 Å². The van der Waals surface area contributed by atoms with E-state index in [4.69, 9.17) is 20.6 Å². The normalized spacial score (nSPS) is 11.8. The Labute approximate surface area is 106 Å². The van der Waals surface area contributed by atoms with Gasteiger partial charge in [0.15, 0.2) is 0 Å². The van der Waals surface area contributed by atoms with Crippen LogP contribution in [0.1, 0.15) is 13.3 Å². The number of nitrogens with two attached hydrogens (primary N) is 1. The Morgan fingerprint density at radius 2 is 1.89 bits per heavy atom. The summed E-state index contributed by atoms with van der Waals surface area (Å²) in [4.78, 5) is 10.3. The third-order valence-corrected chi connectivity index (χ3v) is 2.58. The number of anilines is 1. The van der Waals surface area contributed by atoms with Crippen molar-refractivity contribution in [2.45, 2.75) is 19.4 Å². The first kappa shape index (κ1) is 14.0. The zero-order valence-corrected chi connectivity index (χ0v) is 11.1. The first-order valence-corrected chi connectivity index (χ1v) is 5.50. The number of methoxy groups -OCH3 is 2. The lowest BCUT2D eigenvalue weighted by atomic mass is 10.2. The number of hydrogen-bond acceptors (Lipinski definition) is 6. The summed E-state index contributed by atoms with van der Waals surface area (Å²) < 4.78 is 10.2. The second kappa shape index (κ2) is 6.04. The molecule has 1 aromatic heterocycles. The van der Waals surface area contributed by atoms with Crippen LogP contribution in [0.25, 0.3) is 0 Å². The summed E-state index contributed by atoms with van der Waals surface area (Å²) in [5.41, 5.74) is 5.39. The Hall–Kier alpha value is -2.05. The van der Waals surface area contributed by atoms with Crippen molar-refractivity contribution in [1.82, 2.24) is 9.97 Å². The van der Waals surface area contributed by atoms with Gasteiger partial charge in [-0.25, -0.2) is 0 Å². The van der Waals surface area contributed by atoms with E-state index in [0.717, 1.165) is 0 Å². The van der Waals surface area contributed by atoms with E-state index in [1.54, 1.807) is 6.07 Å². The molecule has 7 nitrogen and oxygen atoms in total. The predicted molar refractivity (Wildman–Crippen MR) is 69.5 cm³/mol. The molecule has 0 aliphatic carbocycles. The maximum atomic E-state index is 7.30. The van der Waals surface area contributed by atoms with Gasteiger partial charge in [0.1, 0.15) is 0 Å². The highest BCUT2D eigenvalue weighted by Gasteiger charge is 2.16. The first-order chi connectivity index (χ1) is 8.47. The highest BCUT2D eigenvalue weighted by molar-refractivity contribution is 5.77. The average Bonchev–Trinajstić information content (AvgIpc) is 2.36. The van der Waals surface area contributed by atoms with Gasteiger partial charge in [-0.15, -0.1) is 0 Å². The highest BCUT2D eigenvalue weighted by atomic mass is 16.5. The molecule has 3 N–H and O–H groups in total. The Kier molecular flexibility index (Phi) is 4.70. The number of hydrogen-bond donors (Lipinski definition) is 2. The number of amidine groups is 1. The molecule has 0 spiro atoms. The lowest BCUT2D eigenvalue weighted by Gasteiger charge is -2.24. The molecule has 0 fully saturated rings. The van der Waals surface area contributed by atoms with Crippen LogP contribution in [-0.4, -0.2) is 43.1 Å². The third kappa shape index (κ3) is 3.47. The second-order valence-corrected chi connectivity index (χ2v) is 3.94. The van der Waals surface area contributed by atoms with Crippen molar-refractivity contribution in [1.29, 1.82) is 5.41 Å². The lowest BCUT2D eigenvalue weighted by Crippen LogP contribution is -2.34. The van der Waals surface area contributed by atoms with E-state index in [1.807, 2.05) is 18.9 Å². The molecule has 1 heterocycles. The molecule has 0 radical (unpaired) electrons. The molecule has 0 bridgehead atoms. The zero-order chi connectivity index (χ0) is 13.7. The van der Waals surface area contributed by atoms with Crippen molar-refractivity contribution in [2.24, 2.45) is 5.73 Å². The molecule has 0 amide bonds. The summed E-state index contributed by atoms with van der Waals surface area (Å²) in [6.45, 7) is 1.94. The molecule has 1 atom stereocenters. The van der Waals surface area contributed by atoms with Crippen LogP contribution >= 0.6 is 0 Å². The molecule has 0 aliphatic rings. The van der Waals surface area contributed by atoms with Crippen molar-refractivity contribution < 1.29 is 9.47 Å². The van der Waals surface area contributed by atoms with Gasteiger partial charge in [0.05, 0.1) is 26.1 Å². The fourth-order valence-electron chi connectivity index (χ4n) is 1.41. The maximum Gasteiger partial charge on any atom is 0.231 e. The Morgan fingerprint density at radius 3 is 2.28 bits per heavy atom. The number of nitrogens with zero attached hydrogens (tertiary/aromatic N) is 3. The molecule has 0 saturated carbocycles. The summed E-state index contributed by atoms with van der Waals surface area (Å²) in [5, 5.41) is 7.30. The number of ether oxygens (including phenoxy) is 2. The van der Waals surface area contributed by atoms with Crippen LogP contribution in [0.5, 0.6) is 11.8 Å². The number of aromatic nitrogens is 2. The van der Waals surface area contributed by atoms with Crippen molar-refractivity contribution >= 4 is 11.8 Å². The van der Waals surface area contributed by atoms with Gasteiger partial charge in [-0.2, -0.15) is 9.97 Å². The topological polar surface area (TPSA) is 97.4 Å². The van der Waals surface area contributed by atoms with Crippen LogP contribution in [0, 0.1) is 5.41 Å². The summed E-state index contributed by atoms with van der Waals surface area (Å²) >= 11 is 0. The number of nitrogens with one attached hydrogen (secondary N) is 1. The van der Waals surface area contributed by atoms with E-state index in [1.165, 1.54) is 14.2 Å². The smallest absolute Gasteiger partial charge is 0.231 e. The molecule has 7 heteroatoms. The van der Waals surface area contributed by atoms with Crippen molar-refractivity contribution in [3.63, 3.8) is 0 Å². The predicted octanol–water partition coefficient (Wildman–Crippen LogP) is 0.645. The van der Waals surface area contributed by atoms with Crippen LogP contribution in [0.3, 0.4) is 0 Å². The van der Waals surface area contributed by atoms with E-state index in [9.17, 15) is 0 Å². The van der Waals surface area contributed by atoms with Crippen LogP contribution in [0.2, 0.25) is 0 Å². The molecule has 18 heavy (non-hydrogen) atoms. The van der Waals surface area contributed by atoms with E-state index in [2.05, 4.69) is 9.97 Å². The molecule has 100 valence electrons. The molecule has 0 saturated heterocycles. The SMILES string of the molecule is COc1cc(OC)nc(N(C)C(C)CC(=N)N)n1. The molecular formula is C11H19N5O2. The zero-order valence-electron chi connectivity index (χ0n) is 11.1. The van der Waals surface area contributed by atoms with Gasteiger partial charge < -0.3 is 20.1 Å². The van der Waals surface area contributed by atoms with Gasteiger partial charge >= 0.3 is 0 Å². The number of rotatable bonds is 6. The minimum Gasteiger partial charge on any atom is -0.481 e. The summed E-state index contributed by atoms with van der Waals surface area (Å²) in [6, 6.07) is 1.62. The third-order valence-electron chi connectivity index (χ3n) is 2.58. The standard InChI is InChI=1S/C11H19N5O2/c1-7(5-8(12)13)16(2)11-14-9(17-3)6-10(15-11)18-4/h6-7H,5H2,1-4H3,(H3,12,13). The highest BCUT2D eigenvalue weighted by Crippen LogP contribution is 2.20. The average molecular weight is 253 g/mol. The van der Waals surface area contributed by atoms with Crippen LogP contribution in [0.4, 0.5) is 5.95 Å². The summed E-state index contributed by atoms with van der Waals surface area (Å²) in [6.07, 6.45) is 0.444. The minimum absolute atomic E-state index is 0.0133. The summed E-state index contributed by atoms with van der Waals surface area (Å²) in [7, 11) is 4.90. The van der Waals surface area contributed by atoms with Crippen LogP contribution < -0.4 is 20.1 Å². The van der Waals surface area contributed by atoms with Gasteiger partial charge in [0.25, 0.3) is 0 Å². The van der Waals surface area contributed by atoms with Gasteiger partial charge in [-0.1, -0.05) is 0 Å². The minimum atomic E-state index is 0.0133. The molecule has 1 rings (SSSR count). The van der Waals surface area contributed by atoms with Crippen molar-refractivity contribution in [3.8, 4) is 11.8 Å². The lowest BCUT2D eigenvalue weighted by molar-refractivity contribution is 0.371. The van der Waals surface area contributed by atoms with E-state index in [-0.39, 0.29) is 11.9 Å². The second-order valence-electron chi connectivity index (χ2n) is 3.94. The van der Waals surface area contributed by atoms with Gasteiger partial charge in [0.2, 0.25) is 17.7 Å². The van der Waals surface area contributed by atoms with Crippen molar-refractivity contribution in [2.75, 3.05) is 26.2 Å². The van der Waals surface area contributed by atoms with Crippen LogP contribution in [0.15, 0.2) is 6.07 Å². The van der Waals surface area contributed by atoms with Gasteiger partial charge in [-0.3, -0.25) is 5.41 Å². The fourth-order valence-corrected chi connectivity index (χ4v) is 1.41. The first-order valence-electron chi connectivity index (χ1n) is 5.50. The van der Waals surface area contributed by atoms with Gasteiger partial charge in [0, 0.05) is 19.5 Å². The molecule has 1 unspecified atom stereocenters. The quantitative estimate of drug-likeness (QED) is 0.570. The fraction of sp³-hybridized carbons (Fsp3) is 0.545. The summed E-state index contributed by atoms with van der Waals surface area (Å²) in [5.74, 6) is 1.46. The van der Waals surface area contributed by atoms with E-state index >= 15 is 0 Å². The van der Waals surface area contributed by atoms with Gasteiger partial charge in [-0.05, 0) is 6.92 Å². The molecule has 1 aromatic rings. The Bertz CT molecular complexity index is 402. The monoisotopic (exact) mass is 253 g/mol. The maximum absolute atomic E-state index is 7.30. The molecular weight excluding hydrogens is 234 g/mol.